The lowest BCUT2D eigenvalue weighted by Crippen LogP contribution is -2.15. The van der Waals surface area contributed by atoms with Crippen LogP contribution < -0.4 is 15.0 Å². The van der Waals surface area contributed by atoms with Crippen LogP contribution in [-0.2, 0) is 13.2 Å². The number of methoxy groups -OCH3 is 1. The van der Waals surface area contributed by atoms with Gasteiger partial charge in [0.05, 0.1) is 26.2 Å². The number of imidazole rings is 1. The Morgan fingerprint density at radius 2 is 2.10 bits per heavy atom. The van der Waals surface area contributed by atoms with Gasteiger partial charge in [0, 0.05) is 12.5 Å². The molecule has 8 heteroatoms. The van der Waals surface area contributed by atoms with Crippen molar-refractivity contribution in [1.82, 2.24) is 19.5 Å². The van der Waals surface area contributed by atoms with Gasteiger partial charge in [-0.3, -0.25) is 4.99 Å². The van der Waals surface area contributed by atoms with Gasteiger partial charge in [0.15, 0.2) is 22.6 Å². The average Bonchev–Trinajstić information content (AvgIpc) is 3.44. The number of ether oxygens (including phenoxy) is 2. The maximum atomic E-state index is 5.94. The van der Waals surface area contributed by atoms with Gasteiger partial charge in [-0.25, -0.2) is 9.97 Å². The highest BCUT2D eigenvalue weighted by molar-refractivity contribution is 5.69. The monoisotopic (exact) mass is 421 g/mol. The standard InChI is InChI=1S/C23H27N5O3/c1-5-24-22-20-23(27-21(26-20)15(2)3)28(14-25-22)12-16-8-9-18(29-4)19(11-16)31-13-17-7-6-10-30-17/h6-11,14-15H,5,12-13H2,1-4H3,(H,26,27). The maximum Gasteiger partial charge on any atom is 0.176 e. The summed E-state index contributed by atoms with van der Waals surface area (Å²) in [6.07, 6.45) is 3.42. The minimum Gasteiger partial charge on any atom is -0.493 e. The molecule has 0 amide bonds. The number of rotatable bonds is 8. The zero-order valence-corrected chi connectivity index (χ0v) is 18.3. The minimum absolute atomic E-state index is 0.276. The number of aromatic amines is 1. The summed E-state index contributed by atoms with van der Waals surface area (Å²) in [7, 11) is 1.63. The largest absolute Gasteiger partial charge is 0.493 e. The van der Waals surface area contributed by atoms with E-state index in [-0.39, 0.29) is 5.92 Å². The number of nitrogens with zero attached hydrogens (tertiary/aromatic N) is 4. The molecule has 1 N–H and O–H groups in total. The predicted molar refractivity (Wildman–Crippen MR) is 117 cm³/mol. The van der Waals surface area contributed by atoms with Crippen molar-refractivity contribution < 1.29 is 13.9 Å². The van der Waals surface area contributed by atoms with Gasteiger partial charge in [0.2, 0.25) is 0 Å². The molecule has 0 saturated carbocycles. The van der Waals surface area contributed by atoms with Crippen molar-refractivity contribution in [2.24, 2.45) is 4.99 Å². The van der Waals surface area contributed by atoms with Crippen LogP contribution in [0.4, 0.5) is 0 Å². The van der Waals surface area contributed by atoms with Crippen LogP contribution in [0.15, 0.2) is 52.3 Å². The van der Waals surface area contributed by atoms with Gasteiger partial charge in [-0.15, -0.1) is 0 Å². The molecule has 0 atom stereocenters. The molecule has 0 radical (unpaired) electrons. The zero-order chi connectivity index (χ0) is 21.8. The second-order valence-corrected chi connectivity index (χ2v) is 7.50. The summed E-state index contributed by atoms with van der Waals surface area (Å²) in [5.74, 6) is 3.27. The Bertz CT molecular complexity index is 1220. The summed E-state index contributed by atoms with van der Waals surface area (Å²) >= 11 is 0. The Balaban J connectivity index is 1.67. The van der Waals surface area contributed by atoms with Crippen molar-refractivity contribution in [1.29, 1.82) is 0 Å². The lowest BCUT2D eigenvalue weighted by molar-refractivity contribution is 0.256. The highest BCUT2D eigenvalue weighted by Crippen LogP contribution is 2.29. The normalized spacial score (nSPS) is 12.1. The third kappa shape index (κ3) is 4.47. The van der Waals surface area contributed by atoms with E-state index in [1.807, 2.05) is 41.8 Å². The van der Waals surface area contributed by atoms with Gasteiger partial charge in [-0.05, 0) is 36.8 Å². The summed E-state index contributed by atoms with van der Waals surface area (Å²) in [5.41, 5.74) is 3.42. The van der Waals surface area contributed by atoms with Gasteiger partial charge < -0.3 is 23.4 Å². The zero-order valence-electron chi connectivity index (χ0n) is 18.3. The van der Waals surface area contributed by atoms with Crippen LogP contribution in [-0.4, -0.2) is 33.2 Å². The number of hydrogen-bond acceptors (Lipinski definition) is 6. The maximum absolute atomic E-state index is 5.94. The predicted octanol–water partition coefficient (Wildman–Crippen LogP) is 4.03. The molecule has 0 fully saturated rings. The average molecular weight is 422 g/mol. The molecule has 0 bridgehead atoms. The van der Waals surface area contributed by atoms with Gasteiger partial charge >= 0.3 is 0 Å². The number of nitrogens with one attached hydrogen (secondary N) is 1. The fraction of sp³-hybridized carbons (Fsp3) is 0.348. The Labute approximate surface area is 180 Å². The number of aromatic nitrogens is 4. The number of H-pyrrole nitrogens is 1. The molecule has 8 nitrogen and oxygen atoms in total. The Morgan fingerprint density at radius 3 is 2.81 bits per heavy atom. The van der Waals surface area contributed by atoms with Crippen LogP contribution in [0.25, 0.3) is 11.2 Å². The van der Waals surface area contributed by atoms with Crippen molar-refractivity contribution in [3.8, 4) is 11.5 Å². The summed E-state index contributed by atoms with van der Waals surface area (Å²) in [6.45, 7) is 7.79. The molecular weight excluding hydrogens is 394 g/mol. The lowest BCUT2D eigenvalue weighted by Gasteiger charge is -2.13. The number of furan rings is 1. The smallest absolute Gasteiger partial charge is 0.176 e. The van der Waals surface area contributed by atoms with Crippen LogP contribution in [0.5, 0.6) is 11.5 Å². The first-order chi connectivity index (χ1) is 15.1. The second-order valence-electron chi connectivity index (χ2n) is 7.50. The molecule has 0 aliphatic rings. The van der Waals surface area contributed by atoms with Gasteiger partial charge in [0.1, 0.15) is 23.7 Å². The Morgan fingerprint density at radius 1 is 1.23 bits per heavy atom. The van der Waals surface area contributed by atoms with E-state index in [0.29, 0.717) is 36.7 Å². The number of benzene rings is 1. The topological polar surface area (TPSA) is 90.5 Å². The van der Waals surface area contributed by atoms with E-state index in [9.17, 15) is 0 Å². The van der Waals surface area contributed by atoms with Gasteiger partial charge in [-0.2, -0.15) is 0 Å². The Kier molecular flexibility index (Phi) is 6.06. The molecule has 3 heterocycles. The lowest BCUT2D eigenvalue weighted by atomic mass is 10.2. The van der Waals surface area contributed by atoms with Crippen molar-refractivity contribution >= 4 is 11.2 Å². The molecule has 3 aromatic heterocycles. The highest BCUT2D eigenvalue weighted by Gasteiger charge is 2.13. The molecule has 31 heavy (non-hydrogen) atoms. The van der Waals surface area contributed by atoms with Crippen molar-refractivity contribution in [2.45, 2.75) is 39.8 Å². The van der Waals surface area contributed by atoms with Crippen molar-refractivity contribution in [2.75, 3.05) is 13.7 Å². The fourth-order valence-electron chi connectivity index (χ4n) is 3.32. The molecule has 4 aromatic rings. The van der Waals surface area contributed by atoms with Crippen LogP contribution in [0, 0.1) is 0 Å². The first-order valence-corrected chi connectivity index (χ1v) is 10.4. The summed E-state index contributed by atoms with van der Waals surface area (Å²) in [4.78, 5) is 17.3. The van der Waals surface area contributed by atoms with Crippen molar-refractivity contribution in [3.05, 3.63) is 65.6 Å². The molecule has 0 saturated heterocycles. The van der Waals surface area contributed by atoms with E-state index >= 15 is 0 Å². The third-order valence-electron chi connectivity index (χ3n) is 4.90. The summed E-state index contributed by atoms with van der Waals surface area (Å²) < 4.78 is 18.8. The van der Waals surface area contributed by atoms with E-state index in [1.54, 1.807) is 19.7 Å². The van der Waals surface area contributed by atoms with Crippen LogP contribution >= 0.6 is 0 Å². The molecule has 162 valence electrons. The summed E-state index contributed by atoms with van der Waals surface area (Å²) in [6, 6.07) is 9.61. The number of hydrogen-bond donors (Lipinski definition) is 1. The van der Waals surface area contributed by atoms with Crippen LogP contribution in [0.3, 0.4) is 0 Å². The molecule has 0 aliphatic carbocycles. The van der Waals surface area contributed by atoms with E-state index in [0.717, 1.165) is 28.3 Å². The SMILES string of the molecule is CCN=c1ncn(Cc2ccc(OC)c(OCc3ccco3)c2)c2nc(C(C)C)[nH]c12. The Hall–Kier alpha value is -3.55. The molecule has 0 spiro atoms. The van der Waals surface area contributed by atoms with E-state index in [4.69, 9.17) is 18.9 Å². The third-order valence-corrected chi connectivity index (χ3v) is 4.90. The first-order valence-electron chi connectivity index (χ1n) is 10.4. The second kappa shape index (κ2) is 9.07. The molecule has 4 rings (SSSR count). The van der Waals surface area contributed by atoms with Crippen LogP contribution in [0.1, 0.15) is 43.8 Å². The van der Waals surface area contributed by atoms with E-state index < -0.39 is 0 Å². The van der Waals surface area contributed by atoms with Gasteiger partial charge in [0.25, 0.3) is 0 Å². The molecule has 1 aromatic carbocycles. The van der Waals surface area contributed by atoms with Gasteiger partial charge in [-0.1, -0.05) is 19.9 Å². The molecule has 0 aliphatic heterocycles. The van der Waals surface area contributed by atoms with E-state index in [1.165, 1.54) is 0 Å². The first kappa shape index (κ1) is 20.7. The minimum atomic E-state index is 0.276. The molecular formula is C23H27N5O3. The quantitative estimate of drug-likeness (QED) is 0.464. The van der Waals surface area contributed by atoms with E-state index in [2.05, 4.69) is 28.8 Å². The fourth-order valence-corrected chi connectivity index (χ4v) is 3.32. The van der Waals surface area contributed by atoms with Crippen molar-refractivity contribution in [3.63, 3.8) is 0 Å². The highest BCUT2D eigenvalue weighted by atomic mass is 16.5. The number of fused-ring (bicyclic) bond motifs is 1. The summed E-state index contributed by atoms with van der Waals surface area (Å²) in [5, 5.41) is 0. The molecule has 0 unspecified atom stereocenters. The van der Waals surface area contributed by atoms with Crippen LogP contribution in [0.2, 0.25) is 0 Å².